The van der Waals surface area contributed by atoms with Crippen LogP contribution in [0.25, 0.3) is 16.7 Å². The fourth-order valence-electron chi connectivity index (χ4n) is 2.88. The Morgan fingerprint density at radius 1 is 1.10 bits per heavy atom. The molecule has 2 heterocycles. The number of para-hydroxylation sites is 1. The maximum atomic E-state index is 13.6. The molecule has 0 aliphatic carbocycles. The summed E-state index contributed by atoms with van der Waals surface area (Å²) in [5.74, 6) is -0.895. The molecule has 0 amide bonds. The Hall–Kier alpha value is -3.59. The van der Waals surface area contributed by atoms with E-state index in [1.165, 1.54) is 64.2 Å². The summed E-state index contributed by atoms with van der Waals surface area (Å²) in [7, 11) is 0. The van der Waals surface area contributed by atoms with E-state index in [1.807, 2.05) is 0 Å². The molecule has 4 rings (SSSR count). The minimum Gasteiger partial charge on any atom is -0.488 e. The molecule has 2 aromatic carbocycles. The number of hydrogen-bond acceptors (Lipinski definition) is 5. The molecule has 0 unspecified atom stereocenters. The molecule has 0 spiro atoms. The van der Waals surface area contributed by atoms with Crippen LogP contribution in [-0.4, -0.2) is 37.1 Å². The summed E-state index contributed by atoms with van der Waals surface area (Å²) < 4.78 is 34.6. The van der Waals surface area contributed by atoms with E-state index in [0.29, 0.717) is 11.3 Å². The minimum atomic E-state index is -1.06. The Morgan fingerprint density at radius 2 is 1.86 bits per heavy atom. The van der Waals surface area contributed by atoms with Crippen molar-refractivity contribution in [1.29, 1.82) is 0 Å². The smallest absolute Gasteiger partial charge is 0.264 e. The zero-order chi connectivity index (χ0) is 20.4. The molecular formula is C20H16F2N4O3. The van der Waals surface area contributed by atoms with Gasteiger partial charge in [0.1, 0.15) is 30.2 Å². The number of benzene rings is 2. The van der Waals surface area contributed by atoms with Crippen LogP contribution in [-0.2, 0) is 6.54 Å². The highest BCUT2D eigenvalue weighted by molar-refractivity contribution is 5.74. The summed E-state index contributed by atoms with van der Waals surface area (Å²) in [5.41, 5.74) is 0.479. The first-order valence-electron chi connectivity index (χ1n) is 8.77. The lowest BCUT2D eigenvalue weighted by atomic mass is 10.3. The van der Waals surface area contributed by atoms with Gasteiger partial charge in [0.05, 0.1) is 18.4 Å². The maximum absolute atomic E-state index is 13.6. The van der Waals surface area contributed by atoms with Crippen molar-refractivity contribution in [3.63, 3.8) is 0 Å². The van der Waals surface area contributed by atoms with Gasteiger partial charge in [0.2, 0.25) is 0 Å². The Labute approximate surface area is 163 Å². The highest BCUT2D eigenvalue weighted by atomic mass is 19.1. The first kappa shape index (κ1) is 18.8. The average molecular weight is 398 g/mol. The normalized spacial score (nSPS) is 12.2. The monoisotopic (exact) mass is 398 g/mol. The molecule has 1 N–H and O–H groups in total. The molecule has 0 bridgehead atoms. The molecule has 7 nitrogen and oxygen atoms in total. The van der Waals surface area contributed by atoms with E-state index in [4.69, 9.17) is 4.74 Å². The third kappa shape index (κ3) is 3.85. The van der Waals surface area contributed by atoms with Crippen LogP contribution in [0, 0.1) is 11.6 Å². The molecule has 29 heavy (non-hydrogen) atoms. The van der Waals surface area contributed by atoms with Crippen LogP contribution in [0.1, 0.15) is 0 Å². The van der Waals surface area contributed by atoms with Gasteiger partial charge >= 0.3 is 0 Å². The van der Waals surface area contributed by atoms with E-state index in [2.05, 4.69) is 10.1 Å². The molecule has 0 radical (unpaired) electrons. The van der Waals surface area contributed by atoms with E-state index < -0.39 is 17.5 Å². The number of aliphatic hydroxyl groups excluding tert-OH is 1. The van der Waals surface area contributed by atoms with Gasteiger partial charge in [-0.15, -0.1) is 0 Å². The van der Waals surface area contributed by atoms with Crippen molar-refractivity contribution >= 4 is 11.0 Å². The summed E-state index contributed by atoms with van der Waals surface area (Å²) in [4.78, 5) is 16.9. The predicted octanol–water partition coefficient (Wildman–Crippen LogP) is 2.30. The van der Waals surface area contributed by atoms with Gasteiger partial charge < -0.3 is 9.84 Å². The second kappa shape index (κ2) is 7.80. The van der Waals surface area contributed by atoms with Crippen LogP contribution in [0.15, 0.2) is 65.8 Å². The number of aromatic nitrogens is 4. The Bertz CT molecular complexity index is 1200. The van der Waals surface area contributed by atoms with Crippen molar-refractivity contribution in [1.82, 2.24) is 19.3 Å². The zero-order valence-electron chi connectivity index (χ0n) is 15.1. The summed E-state index contributed by atoms with van der Waals surface area (Å²) in [5, 5.41) is 14.6. The molecule has 0 saturated carbocycles. The lowest BCUT2D eigenvalue weighted by Gasteiger charge is -2.14. The van der Waals surface area contributed by atoms with Crippen LogP contribution < -0.4 is 10.3 Å². The highest BCUT2D eigenvalue weighted by Gasteiger charge is 2.14. The summed E-state index contributed by atoms with van der Waals surface area (Å²) >= 11 is 0. The fraction of sp³-hybridized carbons (Fsp3) is 0.150. The van der Waals surface area contributed by atoms with Gasteiger partial charge in [-0.2, -0.15) is 5.10 Å². The van der Waals surface area contributed by atoms with Crippen LogP contribution in [0.3, 0.4) is 0 Å². The van der Waals surface area contributed by atoms with E-state index >= 15 is 0 Å². The van der Waals surface area contributed by atoms with Gasteiger partial charge in [-0.25, -0.2) is 18.4 Å². The molecule has 4 aromatic rings. The minimum absolute atomic E-state index is 0.0213. The summed E-state index contributed by atoms with van der Waals surface area (Å²) in [6.45, 7) is -0.280. The number of hydrogen-bond donors (Lipinski definition) is 1. The SMILES string of the molecule is O=c1c2cnn(-c3ccc(F)cc3)c2ncn1C[C@@H](O)COc1ccccc1F. The summed E-state index contributed by atoms with van der Waals surface area (Å²) in [6.07, 6.45) is 1.60. The number of fused-ring (bicyclic) bond motifs is 1. The van der Waals surface area contributed by atoms with Gasteiger partial charge in [-0.05, 0) is 36.4 Å². The van der Waals surface area contributed by atoms with Gasteiger partial charge in [0.25, 0.3) is 5.56 Å². The van der Waals surface area contributed by atoms with Gasteiger partial charge in [-0.3, -0.25) is 9.36 Å². The second-order valence-electron chi connectivity index (χ2n) is 6.37. The van der Waals surface area contributed by atoms with E-state index in [-0.39, 0.29) is 30.1 Å². The standard InChI is InChI=1S/C20H16F2N4O3/c21-13-5-7-14(8-6-13)26-19-16(9-24-26)20(28)25(12-23-19)10-15(27)11-29-18-4-2-1-3-17(18)22/h1-9,12,15,27H,10-11H2/t15-/m1/s1. The lowest BCUT2D eigenvalue weighted by molar-refractivity contribution is 0.0895. The highest BCUT2D eigenvalue weighted by Crippen LogP contribution is 2.16. The van der Waals surface area contributed by atoms with E-state index in [0.717, 1.165) is 0 Å². The number of halogens is 2. The first-order chi connectivity index (χ1) is 14.0. The van der Waals surface area contributed by atoms with Crippen LogP contribution in [0.5, 0.6) is 5.75 Å². The first-order valence-corrected chi connectivity index (χ1v) is 8.77. The maximum Gasteiger partial charge on any atom is 0.264 e. The largest absolute Gasteiger partial charge is 0.488 e. The van der Waals surface area contributed by atoms with Crippen molar-refractivity contribution < 1.29 is 18.6 Å². The third-order valence-corrected chi connectivity index (χ3v) is 4.30. The Kier molecular flexibility index (Phi) is 5.05. The van der Waals surface area contributed by atoms with Crippen molar-refractivity contribution in [2.45, 2.75) is 12.6 Å². The molecule has 1 atom stereocenters. The quantitative estimate of drug-likeness (QED) is 0.539. The second-order valence-corrected chi connectivity index (χ2v) is 6.37. The molecule has 0 saturated heterocycles. The van der Waals surface area contributed by atoms with Gasteiger partial charge in [-0.1, -0.05) is 12.1 Å². The Balaban J connectivity index is 1.53. The van der Waals surface area contributed by atoms with Crippen LogP contribution in [0.4, 0.5) is 8.78 Å². The fourth-order valence-corrected chi connectivity index (χ4v) is 2.88. The van der Waals surface area contributed by atoms with Crippen molar-refractivity contribution in [2.75, 3.05) is 6.61 Å². The number of aliphatic hydroxyl groups is 1. The zero-order valence-corrected chi connectivity index (χ0v) is 15.1. The predicted molar refractivity (Wildman–Crippen MR) is 101 cm³/mol. The van der Waals surface area contributed by atoms with Crippen molar-refractivity contribution in [3.8, 4) is 11.4 Å². The van der Waals surface area contributed by atoms with E-state index in [9.17, 15) is 18.7 Å². The number of rotatable bonds is 6. The average Bonchev–Trinajstić information content (AvgIpc) is 3.15. The molecule has 0 fully saturated rings. The molecule has 148 valence electrons. The van der Waals surface area contributed by atoms with E-state index in [1.54, 1.807) is 6.07 Å². The molecule has 0 aliphatic heterocycles. The molecule has 2 aromatic heterocycles. The summed E-state index contributed by atoms with van der Waals surface area (Å²) in [6, 6.07) is 11.5. The van der Waals surface area contributed by atoms with Gasteiger partial charge in [0.15, 0.2) is 17.2 Å². The topological polar surface area (TPSA) is 82.2 Å². The molecule has 0 aliphatic rings. The van der Waals surface area contributed by atoms with Crippen molar-refractivity contribution in [2.24, 2.45) is 0 Å². The van der Waals surface area contributed by atoms with Crippen LogP contribution >= 0.6 is 0 Å². The number of ether oxygens (including phenoxy) is 1. The van der Waals surface area contributed by atoms with Crippen molar-refractivity contribution in [3.05, 3.63) is 83.0 Å². The number of nitrogens with zero attached hydrogens (tertiary/aromatic N) is 4. The third-order valence-electron chi connectivity index (χ3n) is 4.30. The Morgan fingerprint density at radius 3 is 2.62 bits per heavy atom. The molecule has 9 heteroatoms. The lowest BCUT2D eigenvalue weighted by Crippen LogP contribution is -2.30. The molecular weight excluding hydrogens is 382 g/mol. The van der Waals surface area contributed by atoms with Crippen LogP contribution in [0.2, 0.25) is 0 Å². The van der Waals surface area contributed by atoms with Gasteiger partial charge in [0, 0.05) is 0 Å².